The van der Waals surface area contributed by atoms with Crippen LogP contribution in [0.25, 0.3) is 21.8 Å². The van der Waals surface area contributed by atoms with Crippen molar-refractivity contribution < 1.29 is 10.0 Å². The average Bonchev–Trinajstić information content (AvgIpc) is 2.97. The fourth-order valence-electron chi connectivity index (χ4n) is 6.32. The first kappa shape index (κ1) is 20.6. The largest absolute Gasteiger partial charge is 0.385 e. The van der Waals surface area contributed by atoms with Crippen molar-refractivity contribution in [2.24, 2.45) is 16.7 Å². The number of fused-ring (bicyclic) bond motifs is 5. The third-order valence-electron chi connectivity index (χ3n) is 8.50. The number of aromatic nitrogens is 1. The van der Waals surface area contributed by atoms with Crippen molar-refractivity contribution in [1.29, 1.82) is 0 Å². The van der Waals surface area contributed by atoms with E-state index in [0.29, 0.717) is 27.4 Å². The van der Waals surface area contributed by atoms with E-state index < -0.39 is 6.10 Å². The molecule has 5 rings (SSSR count). The second-order valence-corrected chi connectivity index (χ2v) is 11.3. The number of benzene rings is 2. The molecule has 5 heteroatoms. The Morgan fingerprint density at radius 1 is 1.07 bits per heavy atom. The van der Waals surface area contributed by atoms with Crippen LogP contribution in [0.4, 0.5) is 0 Å². The van der Waals surface area contributed by atoms with Crippen molar-refractivity contribution in [1.82, 2.24) is 4.57 Å². The van der Waals surface area contributed by atoms with Gasteiger partial charge in [0.2, 0.25) is 0 Å². The van der Waals surface area contributed by atoms with Gasteiger partial charge in [-0.25, -0.2) is 0 Å². The zero-order valence-corrected chi connectivity index (χ0v) is 19.5. The highest BCUT2D eigenvalue weighted by Gasteiger charge is 2.57. The number of hydrogen-bond donors (Lipinski definition) is 2. The lowest BCUT2D eigenvalue weighted by atomic mass is 9.63. The van der Waals surface area contributed by atoms with E-state index in [1.54, 1.807) is 4.90 Å². The molecular weight excluding hydrogens is 415 g/mol. The maximum absolute atomic E-state index is 11.1. The molecule has 2 N–H and O–H groups in total. The van der Waals surface area contributed by atoms with E-state index >= 15 is 0 Å². The SMILES string of the molecule is CC1(C)[C@H]2CC[C@]1(C)C[NH+](C[C@H](O)Cn1c3ccc(Cl)cc3c3cc(Cl)ccc31)C2. The molecule has 2 aliphatic rings. The lowest BCUT2D eigenvalue weighted by Crippen LogP contribution is -3.16. The molecule has 2 aromatic carbocycles. The van der Waals surface area contributed by atoms with Crippen LogP contribution in [0.1, 0.15) is 33.6 Å². The number of nitrogens with zero attached hydrogens (tertiary/aromatic N) is 1. The van der Waals surface area contributed by atoms with Gasteiger partial charge in [0.25, 0.3) is 0 Å². The Morgan fingerprint density at radius 3 is 2.23 bits per heavy atom. The Balaban J connectivity index is 1.42. The van der Waals surface area contributed by atoms with Crippen LogP contribution in [0.3, 0.4) is 0 Å². The summed E-state index contributed by atoms with van der Waals surface area (Å²) in [5.74, 6) is 0.760. The molecule has 2 heterocycles. The van der Waals surface area contributed by atoms with Gasteiger partial charge in [0.15, 0.2) is 0 Å². The number of piperidine rings is 1. The van der Waals surface area contributed by atoms with Crippen molar-refractivity contribution >= 4 is 45.0 Å². The van der Waals surface area contributed by atoms with E-state index in [2.05, 4.69) is 37.5 Å². The molecule has 2 fully saturated rings. The standard InChI is InChI=1S/C25H30Cl2N2O/c1-24(2)16-8-9-25(24,3)15-28(12-16)13-19(30)14-29-22-6-4-17(26)10-20(22)21-11-18(27)5-7-23(21)29/h4-7,10-11,16,19,30H,8-9,12-15H2,1-3H3/p+1/t16-,19-,25+/m0/s1. The van der Waals surface area contributed by atoms with Crippen LogP contribution >= 0.6 is 23.2 Å². The molecule has 3 aromatic rings. The number of nitrogens with one attached hydrogen (secondary N) is 1. The zero-order chi connectivity index (χ0) is 21.3. The molecular formula is C25H31Cl2N2O+. The Bertz CT molecular complexity index is 1060. The number of rotatable bonds is 4. The summed E-state index contributed by atoms with van der Waals surface area (Å²) in [4.78, 5) is 1.55. The van der Waals surface area contributed by atoms with Crippen molar-refractivity contribution in [3.63, 3.8) is 0 Å². The summed E-state index contributed by atoms with van der Waals surface area (Å²) in [6.45, 7) is 11.1. The fraction of sp³-hybridized carbons (Fsp3) is 0.520. The number of aliphatic hydroxyl groups excluding tert-OH is 1. The molecule has 0 radical (unpaired) electrons. The topological polar surface area (TPSA) is 29.6 Å². The van der Waals surface area contributed by atoms with Gasteiger partial charge in [0.1, 0.15) is 12.6 Å². The van der Waals surface area contributed by atoms with E-state index in [9.17, 15) is 5.11 Å². The molecule has 0 spiro atoms. The summed E-state index contributed by atoms with van der Waals surface area (Å²) < 4.78 is 2.23. The summed E-state index contributed by atoms with van der Waals surface area (Å²) in [5, 5.41) is 14.7. The lowest BCUT2D eigenvalue weighted by Gasteiger charge is -2.48. The van der Waals surface area contributed by atoms with E-state index in [0.717, 1.165) is 40.8 Å². The Labute approximate surface area is 188 Å². The van der Waals surface area contributed by atoms with Gasteiger partial charge in [-0.1, -0.05) is 44.0 Å². The monoisotopic (exact) mass is 445 g/mol. The highest BCUT2D eigenvalue weighted by Crippen LogP contribution is 2.56. The molecule has 2 bridgehead atoms. The first-order valence-corrected chi connectivity index (χ1v) is 11.8. The smallest absolute Gasteiger partial charge is 0.121 e. The molecule has 0 amide bonds. The fourth-order valence-corrected chi connectivity index (χ4v) is 6.67. The Hall–Kier alpha value is -1.26. The minimum atomic E-state index is -0.394. The maximum atomic E-state index is 11.1. The summed E-state index contributed by atoms with van der Waals surface area (Å²) in [6.07, 6.45) is 2.25. The normalized spacial score (nSPS) is 29.0. The highest BCUT2D eigenvalue weighted by molar-refractivity contribution is 6.33. The minimum absolute atomic E-state index is 0.380. The highest BCUT2D eigenvalue weighted by atomic mass is 35.5. The van der Waals surface area contributed by atoms with E-state index in [1.807, 2.05) is 24.3 Å². The van der Waals surface area contributed by atoms with Crippen molar-refractivity contribution in [2.75, 3.05) is 19.6 Å². The van der Waals surface area contributed by atoms with Gasteiger partial charge < -0.3 is 14.6 Å². The number of halogens is 2. The van der Waals surface area contributed by atoms with Crippen LogP contribution in [0, 0.1) is 16.7 Å². The summed E-state index contributed by atoms with van der Waals surface area (Å²) in [5.41, 5.74) is 2.98. The third kappa shape index (κ3) is 3.17. The Morgan fingerprint density at radius 2 is 1.67 bits per heavy atom. The Kier molecular flexibility index (Phi) is 4.90. The first-order valence-electron chi connectivity index (χ1n) is 11.1. The summed E-state index contributed by atoms with van der Waals surface area (Å²) in [7, 11) is 0. The third-order valence-corrected chi connectivity index (χ3v) is 8.97. The molecule has 160 valence electrons. The van der Waals surface area contributed by atoms with Gasteiger partial charge in [-0.15, -0.1) is 0 Å². The quantitative estimate of drug-likeness (QED) is 0.592. The molecule has 1 aliphatic heterocycles. The van der Waals surface area contributed by atoms with Crippen LogP contribution in [-0.2, 0) is 6.54 Å². The molecule has 4 atom stereocenters. The van der Waals surface area contributed by atoms with Gasteiger partial charge in [0, 0.05) is 43.2 Å². The second-order valence-electron chi connectivity index (χ2n) is 10.4. The minimum Gasteiger partial charge on any atom is -0.385 e. The van der Waals surface area contributed by atoms with Crippen LogP contribution in [0.2, 0.25) is 10.0 Å². The molecule has 3 nitrogen and oxygen atoms in total. The van der Waals surface area contributed by atoms with E-state index in [4.69, 9.17) is 23.2 Å². The van der Waals surface area contributed by atoms with E-state index in [1.165, 1.54) is 19.4 Å². The van der Waals surface area contributed by atoms with Crippen molar-refractivity contribution in [2.45, 2.75) is 46.3 Å². The van der Waals surface area contributed by atoms with Crippen molar-refractivity contribution in [3.05, 3.63) is 46.4 Å². The average molecular weight is 446 g/mol. The van der Waals surface area contributed by atoms with Gasteiger partial charge >= 0.3 is 0 Å². The summed E-state index contributed by atoms with van der Waals surface area (Å²) in [6, 6.07) is 11.9. The molecule has 1 saturated carbocycles. The van der Waals surface area contributed by atoms with Crippen LogP contribution in [0.5, 0.6) is 0 Å². The van der Waals surface area contributed by atoms with Crippen molar-refractivity contribution in [3.8, 4) is 0 Å². The van der Waals surface area contributed by atoms with Gasteiger partial charge in [-0.05, 0) is 54.7 Å². The lowest BCUT2D eigenvalue weighted by molar-refractivity contribution is -0.921. The number of hydrogen-bond acceptors (Lipinski definition) is 1. The summed E-state index contributed by atoms with van der Waals surface area (Å²) >= 11 is 12.6. The molecule has 1 aliphatic carbocycles. The number of quaternary nitrogens is 1. The second kappa shape index (κ2) is 7.13. The number of likely N-dealkylation sites (tertiary alicyclic amines) is 1. The predicted octanol–water partition coefficient (Wildman–Crippen LogP) is 4.80. The van der Waals surface area contributed by atoms with Gasteiger partial charge in [-0.3, -0.25) is 0 Å². The number of aliphatic hydroxyl groups is 1. The van der Waals surface area contributed by atoms with Crippen LogP contribution in [-0.4, -0.2) is 35.4 Å². The molecule has 1 unspecified atom stereocenters. The molecule has 30 heavy (non-hydrogen) atoms. The predicted molar refractivity (Wildman–Crippen MR) is 126 cm³/mol. The van der Waals surface area contributed by atoms with Crippen LogP contribution in [0.15, 0.2) is 36.4 Å². The first-order chi connectivity index (χ1) is 14.2. The maximum Gasteiger partial charge on any atom is 0.121 e. The van der Waals surface area contributed by atoms with Gasteiger partial charge in [-0.2, -0.15) is 0 Å². The van der Waals surface area contributed by atoms with E-state index in [-0.39, 0.29) is 0 Å². The van der Waals surface area contributed by atoms with Crippen LogP contribution < -0.4 is 4.90 Å². The zero-order valence-electron chi connectivity index (χ0n) is 18.0. The molecule has 1 saturated heterocycles. The van der Waals surface area contributed by atoms with Gasteiger partial charge in [0.05, 0.1) is 19.6 Å². The molecule has 1 aromatic heterocycles.